The van der Waals surface area contributed by atoms with Gasteiger partial charge in [0.15, 0.2) is 5.96 Å². The van der Waals surface area contributed by atoms with Gasteiger partial charge in [0, 0.05) is 6.54 Å². The molecule has 0 aromatic rings. The lowest BCUT2D eigenvalue weighted by Crippen LogP contribution is -2.60. The van der Waals surface area contributed by atoms with Crippen molar-refractivity contribution >= 4 is 55.1 Å². The number of nitrogens with one attached hydrogen (secondary N) is 4. The lowest BCUT2D eigenvalue weighted by Gasteiger charge is -2.28. The molecule has 0 fully saturated rings. The minimum absolute atomic E-state index is 0.0323. The molecule has 0 rings (SSSR count). The quantitative estimate of drug-likeness (QED) is 0.0254. The van der Waals surface area contributed by atoms with Crippen LogP contribution in [-0.4, -0.2) is 106 Å². The Morgan fingerprint density at radius 3 is 1.91 bits per heavy atom. The van der Waals surface area contributed by atoms with Crippen LogP contribution in [0.25, 0.3) is 0 Å². The van der Waals surface area contributed by atoms with Crippen LogP contribution in [0.4, 0.5) is 0 Å². The Morgan fingerprint density at radius 1 is 0.867 bits per heavy atom. The van der Waals surface area contributed by atoms with Crippen molar-refractivity contribution in [1.29, 1.82) is 0 Å². The van der Waals surface area contributed by atoms with Gasteiger partial charge in [-0.15, -0.1) is 0 Å². The van der Waals surface area contributed by atoms with Crippen LogP contribution < -0.4 is 38.5 Å². The van der Waals surface area contributed by atoms with E-state index < -0.39 is 80.2 Å². The van der Waals surface area contributed by atoms with E-state index in [4.69, 9.17) is 17.2 Å². The Balaban J connectivity index is 5.91. The first-order valence-electron chi connectivity index (χ1n) is 14.2. The summed E-state index contributed by atoms with van der Waals surface area (Å²) in [4.78, 5) is 86.2. The second-order valence-electron chi connectivity index (χ2n) is 11.0. The molecule has 45 heavy (non-hydrogen) atoms. The maximum absolute atomic E-state index is 13.3. The van der Waals surface area contributed by atoms with Crippen LogP contribution >= 0.6 is 19.6 Å². The van der Waals surface area contributed by atoms with Crippen LogP contribution in [0.2, 0.25) is 0 Å². The number of hydrogen-bond acceptors (Lipinski definition) is 10. The number of rotatable bonds is 22. The highest BCUT2D eigenvalue weighted by Gasteiger charge is 2.34. The number of carboxylic acid groups (broad SMARTS) is 1. The molecule has 0 aliphatic carbocycles. The minimum Gasteiger partial charge on any atom is -0.480 e. The summed E-state index contributed by atoms with van der Waals surface area (Å²) in [6.07, 6.45) is 2.45. The highest BCUT2D eigenvalue weighted by molar-refractivity contribution is 7.98. The van der Waals surface area contributed by atoms with Gasteiger partial charge in [-0.3, -0.25) is 28.7 Å². The number of phosphoric ester groups is 1. The number of nitrogens with two attached hydrogens (primary N) is 3. The van der Waals surface area contributed by atoms with Crippen molar-refractivity contribution in [2.75, 3.05) is 25.2 Å². The van der Waals surface area contributed by atoms with E-state index in [1.54, 1.807) is 20.1 Å². The smallest absolute Gasteiger partial charge is 0.469 e. The minimum atomic E-state index is -5.11. The summed E-state index contributed by atoms with van der Waals surface area (Å²) in [6.45, 7) is 6.00. The SMILES string of the molecule is CSCC[C@H](NC(=O)[C@@H](N)CC(C)C)C(=O)N[C@@H](COP(=O)(O)O)C(=O)N[C@H](C(=O)N[C@@H](CCCN=C(N)N)C(=O)O)C(C)C. The third-order valence-electron chi connectivity index (χ3n) is 6.15. The molecule has 5 atom stereocenters. The molecule has 13 N–H and O–H groups in total. The molecular weight excluding hydrogens is 635 g/mol. The largest absolute Gasteiger partial charge is 0.480 e. The lowest BCUT2D eigenvalue weighted by atomic mass is 10.0. The molecule has 0 saturated carbocycles. The Kier molecular flexibility index (Phi) is 19.6. The molecule has 0 aliphatic heterocycles. The number of carbonyl (C=O) groups excluding carboxylic acids is 4. The maximum Gasteiger partial charge on any atom is 0.469 e. The molecule has 18 nitrogen and oxygen atoms in total. The van der Waals surface area contributed by atoms with Crippen molar-refractivity contribution in [2.24, 2.45) is 34.0 Å². The number of amides is 4. The fraction of sp³-hybridized carbons (Fsp3) is 0.760. The molecule has 0 unspecified atom stereocenters. The van der Waals surface area contributed by atoms with Crippen LogP contribution in [-0.2, 0) is 33.1 Å². The van der Waals surface area contributed by atoms with Crippen molar-refractivity contribution < 1.29 is 48.0 Å². The van der Waals surface area contributed by atoms with E-state index in [2.05, 4.69) is 30.8 Å². The van der Waals surface area contributed by atoms with E-state index >= 15 is 0 Å². The van der Waals surface area contributed by atoms with E-state index in [0.29, 0.717) is 12.2 Å². The Bertz CT molecular complexity index is 1070. The van der Waals surface area contributed by atoms with Crippen molar-refractivity contribution in [2.45, 2.75) is 83.6 Å². The highest BCUT2D eigenvalue weighted by Crippen LogP contribution is 2.35. The van der Waals surface area contributed by atoms with Gasteiger partial charge < -0.3 is 53.4 Å². The first kappa shape index (κ1) is 42.0. The number of carboxylic acids is 1. The zero-order valence-electron chi connectivity index (χ0n) is 26.2. The van der Waals surface area contributed by atoms with Gasteiger partial charge >= 0.3 is 13.8 Å². The number of phosphoric acid groups is 1. The number of aliphatic imine (C=N–C) groups is 1. The predicted octanol–water partition coefficient (Wildman–Crippen LogP) is -2.04. The second kappa shape index (κ2) is 21.0. The number of guanidine groups is 1. The first-order chi connectivity index (χ1) is 20.8. The maximum atomic E-state index is 13.3. The zero-order valence-corrected chi connectivity index (χ0v) is 27.9. The number of nitrogens with zero attached hydrogens (tertiary/aromatic N) is 1. The third-order valence-corrected chi connectivity index (χ3v) is 7.28. The summed E-state index contributed by atoms with van der Waals surface area (Å²) in [5.74, 6) is -4.96. The summed E-state index contributed by atoms with van der Waals surface area (Å²) < 4.78 is 15.9. The van der Waals surface area contributed by atoms with Gasteiger partial charge in [-0.05, 0) is 49.5 Å². The molecule has 0 aromatic heterocycles. The average molecular weight is 685 g/mol. The Hall–Kier alpha value is -2.96. The molecule has 0 aromatic carbocycles. The van der Waals surface area contributed by atoms with Crippen LogP contribution in [0.15, 0.2) is 4.99 Å². The van der Waals surface area contributed by atoms with Crippen LogP contribution in [0.5, 0.6) is 0 Å². The van der Waals surface area contributed by atoms with Gasteiger partial charge in [0.1, 0.15) is 24.2 Å². The fourth-order valence-electron chi connectivity index (χ4n) is 3.84. The first-order valence-corrected chi connectivity index (χ1v) is 17.2. The molecule has 0 aliphatic rings. The normalized spacial score (nSPS) is 14.9. The van der Waals surface area contributed by atoms with Crippen molar-refractivity contribution in [3.8, 4) is 0 Å². The van der Waals surface area contributed by atoms with Gasteiger partial charge in [-0.2, -0.15) is 11.8 Å². The van der Waals surface area contributed by atoms with E-state index in [1.165, 1.54) is 11.8 Å². The Morgan fingerprint density at radius 2 is 1.42 bits per heavy atom. The van der Waals surface area contributed by atoms with E-state index in [0.717, 1.165) is 0 Å². The van der Waals surface area contributed by atoms with E-state index in [-0.39, 0.29) is 37.7 Å². The third kappa shape index (κ3) is 18.6. The second-order valence-corrected chi connectivity index (χ2v) is 13.2. The van der Waals surface area contributed by atoms with Crippen molar-refractivity contribution in [3.05, 3.63) is 0 Å². The standard InChI is InChI=1S/C25H49N8O10PS/c1-13(2)11-15(26)20(34)30-16(8-10-45-5)21(35)32-18(12-43-44(40,41)42)22(36)33-19(14(3)4)23(37)31-17(24(38)39)7-6-9-29-25(27)28/h13-19H,6-12,26H2,1-5H3,(H,30,34)(H,31,37)(H,32,35)(H,33,36)(H,38,39)(H4,27,28,29)(H2,40,41,42)/t15-,16-,17-,18-,19-/m0/s1. The van der Waals surface area contributed by atoms with Gasteiger partial charge in [0.25, 0.3) is 0 Å². The topological polar surface area (TPSA) is 311 Å². The zero-order chi connectivity index (χ0) is 34.9. The molecule has 0 radical (unpaired) electrons. The van der Waals surface area contributed by atoms with Crippen molar-refractivity contribution in [3.63, 3.8) is 0 Å². The molecule has 260 valence electrons. The van der Waals surface area contributed by atoms with Gasteiger partial charge in [0.05, 0.1) is 12.6 Å². The monoisotopic (exact) mass is 684 g/mol. The predicted molar refractivity (Wildman–Crippen MR) is 169 cm³/mol. The number of carbonyl (C=O) groups is 5. The van der Waals surface area contributed by atoms with Crippen LogP contribution in [0, 0.1) is 11.8 Å². The van der Waals surface area contributed by atoms with Crippen LogP contribution in [0.1, 0.15) is 53.4 Å². The van der Waals surface area contributed by atoms with Crippen LogP contribution in [0.3, 0.4) is 0 Å². The number of hydrogen-bond donors (Lipinski definition) is 10. The molecule has 4 amide bonds. The summed E-state index contributed by atoms with van der Waals surface area (Å²) in [5.41, 5.74) is 16.4. The number of thioether (sulfide) groups is 1. The molecule has 0 heterocycles. The summed E-state index contributed by atoms with van der Waals surface area (Å²) >= 11 is 1.39. The molecule has 0 bridgehead atoms. The van der Waals surface area contributed by atoms with Crippen molar-refractivity contribution in [1.82, 2.24) is 21.3 Å². The summed E-state index contributed by atoms with van der Waals surface area (Å²) in [7, 11) is -5.11. The number of aliphatic carboxylic acids is 1. The average Bonchev–Trinajstić information content (AvgIpc) is 2.91. The molecule has 0 saturated heterocycles. The molecule has 0 spiro atoms. The van der Waals surface area contributed by atoms with Gasteiger partial charge in [-0.25, -0.2) is 9.36 Å². The summed E-state index contributed by atoms with van der Waals surface area (Å²) in [5, 5.41) is 19.2. The fourth-order valence-corrected chi connectivity index (χ4v) is 4.65. The molecule has 20 heteroatoms. The lowest BCUT2D eigenvalue weighted by molar-refractivity contribution is -0.142. The van der Waals surface area contributed by atoms with E-state index in [1.807, 2.05) is 13.8 Å². The highest BCUT2D eigenvalue weighted by atomic mass is 32.2. The van der Waals surface area contributed by atoms with Gasteiger partial charge in [-0.1, -0.05) is 27.7 Å². The van der Waals surface area contributed by atoms with Gasteiger partial charge in [0.2, 0.25) is 23.6 Å². The van der Waals surface area contributed by atoms with E-state index in [9.17, 15) is 43.4 Å². The molecular formula is C25H49N8O10PS. The Labute approximate surface area is 267 Å². The summed E-state index contributed by atoms with van der Waals surface area (Å²) in [6, 6.07) is -6.47.